The van der Waals surface area contributed by atoms with Gasteiger partial charge in [-0.25, -0.2) is 26.1 Å². The number of carbonyl (C=O) groups excluding carboxylic acids is 3. The number of methoxy groups -OCH3 is 1. The number of benzene rings is 2. The van der Waals surface area contributed by atoms with E-state index in [2.05, 4.69) is 26.9 Å². The molecule has 3 fully saturated rings. The summed E-state index contributed by atoms with van der Waals surface area (Å²) in [6.45, 7) is 6.80. The SMILES string of the molecule is [2H]CC(C)(C)[C@H](Nc1cccc(S(=O)(=O)N(C)C)c1)C(=O)N1C[C@H](Oc2ncc(OC)c3ccc(Cl)cc23)C[C@H]1C(=O)N[C@]1(C(=O)NS(=O)(=O)C2CC2)C[C@H]1C=C. The van der Waals surface area contributed by atoms with E-state index in [4.69, 9.17) is 22.4 Å². The molecule has 0 bridgehead atoms. The molecule has 3 N–H and O–H groups in total. The first kappa shape index (κ1) is 39.8. The Kier molecular flexibility index (Phi) is 10.8. The van der Waals surface area contributed by atoms with Crippen LogP contribution in [0.15, 0.2) is 66.2 Å². The largest absolute Gasteiger partial charge is 0.494 e. The number of ether oxygens (including phenoxy) is 2. The summed E-state index contributed by atoms with van der Waals surface area (Å²) in [6, 6.07) is 8.65. The molecule has 0 unspecified atom stereocenters. The van der Waals surface area contributed by atoms with E-state index in [9.17, 15) is 31.2 Å². The predicted molar refractivity (Wildman–Crippen MR) is 211 cm³/mol. The van der Waals surface area contributed by atoms with Gasteiger partial charge in [0.1, 0.15) is 29.5 Å². The number of pyridine rings is 1. The number of fused-ring (bicyclic) bond motifs is 1. The Labute approximate surface area is 333 Å². The lowest BCUT2D eigenvalue weighted by atomic mass is 9.85. The first-order chi connectivity index (χ1) is 26.8. The van der Waals surface area contributed by atoms with Crippen LogP contribution in [-0.2, 0) is 34.4 Å². The summed E-state index contributed by atoms with van der Waals surface area (Å²) in [5, 5.41) is 6.84. The molecule has 0 spiro atoms. The number of carbonyl (C=O) groups is 3. The van der Waals surface area contributed by atoms with Crippen molar-refractivity contribution in [2.24, 2.45) is 11.3 Å². The van der Waals surface area contributed by atoms with Crippen molar-refractivity contribution < 1.29 is 42.1 Å². The predicted octanol–water partition coefficient (Wildman–Crippen LogP) is 3.69. The zero-order valence-corrected chi connectivity index (χ0v) is 34.1. The second-order valence-electron chi connectivity index (χ2n) is 15.4. The molecule has 2 aliphatic carbocycles. The van der Waals surface area contributed by atoms with Crippen LogP contribution < -0.4 is 24.8 Å². The third-order valence-corrected chi connectivity index (χ3v) is 14.2. The molecule has 2 aromatic carbocycles. The third-order valence-electron chi connectivity index (χ3n) is 10.3. The lowest BCUT2D eigenvalue weighted by Crippen LogP contribution is -2.58. The van der Waals surface area contributed by atoms with Crippen LogP contribution in [0.3, 0.4) is 0 Å². The van der Waals surface area contributed by atoms with E-state index in [1.54, 1.807) is 38.1 Å². The Hall–Kier alpha value is -4.45. The summed E-state index contributed by atoms with van der Waals surface area (Å²) in [5.41, 5.74) is -2.40. The number of hydrogen-bond donors (Lipinski definition) is 3. The number of hydrogen-bond acceptors (Lipinski definition) is 11. The summed E-state index contributed by atoms with van der Waals surface area (Å²) in [7, 11) is -3.48. The van der Waals surface area contributed by atoms with Crippen molar-refractivity contribution in [2.45, 2.75) is 80.3 Å². The normalized spacial score (nSPS) is 23.2. The van der Waals surface area contributed by atoms with Gasteiger partial charge in [0.05, 0.1) is 30.0 Å². The van der Waals surface area contributed by atoms with Gasteiger partial charge in [0.2, 0.25) is 37.7 Å². The van der Waals surface area contributed by atoms with E-state index < -0.39 is 78.1 Å². The fourth-order valence-corrected chi connectivity index (χ4v) is 9.34. The summed E-state index contributed by atoms with van der Waals surface area (Å²) in [4.78, 5) is 48.7. The number of halogens is 1. The Balaban J connectivity index is 1.35. The first-order valence-electron chi connectivity index (χ1n) is 18.7. The number of aromatic nitrogens is 1. The quantitative estimate of drug-likeness (QED) is 0.201. The molecule has 2 heterocycles. The molecule has 3 amide bonds. The van der Waals surface area contributed by atoms with Gasteiger partial charge in [-0.15, -0.1) is 6.58 Å². The molecule has 3 aromatic rings. The maximum atomic E-state index is 14.9. The van der Waals surface area contributed by atoms with Gasteiger partial charge < -0.3 is 25.0 Å². The molecule has 0 radical (unpaired) electrons. The molecule has 2 saturated carbocycles. The number of anilines is 1. The molecule has 15 nitrogen and oxygen atoms in total. The smallest absolute Gasteiger partial charge is 0.259 e. The van der Waals surface area contributed by atoms with Crippen molar-refractivity contribution in [1.82, 2.24) is 24.2 Å². The second-order valence-corrected chi connectivity index (χ2v) is 19.9. The molecule has 6 rings (SSSR count). The Morgan fingerprint density at radius 2 is 1.88 bits per heavy atom. The Morgan fingerprint density at radius 3 is 2.50 bits per heavy atom. The number of nitrogens with zero attached hydrogens (tertiary/aromatic N) is 3. The average molecular weight is 832 g/mol. The van der Waals surface area contributed by atoms with Crippen molar-refractivity contribution in [1.29, 1.82) is 0 Å². The molecule has 1 aromatic heterocycles. The average Bonchev–Trinajstić information content (AvgIpc) is 4.10. The Morgan fingerprint density at radius 1 is 1.14 bits per heavy atom. The molecule has 1 saturated heterocycles. The number of rotatable bonds is 14. The van der Waals surface area contributed by atoms with Crippen molar-refractivity contribution >= 4 is 65.8 Å². The van der Waals surface area contributed by atoms with Gasteiger partial charge in [0.25, 0.3) is 5.91 Å². The van der Waals surface area contributed by atoms with Gasteiger partial charge in [-0.2, -0.15) is 0 Å². The van der Waals surface area contributed by atoms with Crippen LogP contribution >= 0.6 is 11.6 Å². The minimum Gasteiger partial charge on any atom is -0.494 e. The monoisotopic (exact) mass is 831 g/mol. The lowest BCUT2D eigenvalue weighted by molar-refractivity contribution is -0.141. The lowest BCUT2D eigenvalue weighted by Gasteiger charge is -2.36. The molecular weight excluding hydrogens is 784 g/mol. The first-order valence-corrected chi connectivity index (χ1v) is 21.3. The van der Waals surface area contributed by atoms with Crippen LogP contribution in [0.4, 0.5) is 5.69 Å². The number of nitrogens with one attached hydrogen (secondary N) is 3. The van der Waals surface area contributed by atoms with Crippen molar-refractivity contribution in [3.8, 4) is 11.6 Å². The number of sulfonamides is 2. The van der Waals surface area contributed by atoms with Gasteiger partial charge in [-0.3, -0.25) is 19.1 Å². The minimum atomic E-state index is -3.95. The minimum absolute atomic E-state index is 0.0212. The fourth-order valence-electron chi connectivity index (χ4n) is 6.85. The topological polar surface area (TPSA) is 193 Å². The van der Waals surface area contributed by atoms with Crippen LogP contribution in [0, 0.1) is 11.3 Å². The summed E-state index contributed by atoms with van der Waals surface area (Å²) >= 11 is 6.35. The zero-order chi connectivity index (χ0) is 41.7. The van der Waals surface area contributed by atoms with E-state index in [1.165, 1.54) is 56.6 Å². The molecule has 18 heteroatoms. The van der Waals surface area contributed by atoms with E-state index in [-0.39, 0.29) is 42.7 Å². The van der Waals surface area contributed by atoms with E-state index in [1.807, 2.05) is 0 Å². The van der Waals surface area contributed by atoms with Gasteiger partial charge >= 0.3 is 0 Å². The highest BCUT2D eigenvalue weighted by Crippen LogP contribution is 2.46. The standard InChI is InChI=1S/C38H47ClN6O9S2/c1-8-22-19-38(22,36(48)43-55(49,50)26-13-14-26)42-33(46)30-18-25(54-34-29-16-23(39)12-15-28(29)31(53-7)20-40-34)21-45(30)35(47)32(37(2,3)4)41-24-10-9-11-27(17-24)56(51,52)44(5)6/h8-12,15-17,20,22,25-26,30,32,41H,1,13-14,18-19,21H2,2-7H3,(H,42,46)(H,43,48)/t22-,25-,30+,32-,38-/m1/s1/i2D. The maximum Gasteiger partial charge on any atom is 0.259 e. The van der Waals surface area contributed by atoms with Gasteiger partial charge in [0, 0.05) is 49.3 Å². The van der Waals surface area contributed by atoms with Crippen LogP contribution in [0.5, 0.6) is 11.6 Å². The van der Waals surface area contributed by atoms with Gasteiger partial charge in [0.15, 0.2) is 0 Å². The highest BCUT2D eigenvalue weighted by Gasteiger charge is 2.62. The molecule has 1 aliphatic heterocycles. The van der Waals surface area contributed by atoms with Gasteiger partial charge in [-0.05, 0) is 61.1 Å². The van der Waals surface area contributed by atoms with Crippen molar-refractivity contribution in [3.63, 3.8) is 0 Å². The van der Waals surface area contributed by atoms with Crippen molar-refractivity contribution in [2.75, 3.05) is 33.1 Å². The third kappa shape index (κ3) is 8.17. The highest BCUT2D eigenvalue weighted by molar-refractivity contribution is 7.91. The summed E-state index contributed by atoms with van der Waals surface area (Å²) in [5.74, 6) is -2.14. The van der Waals surface area contributed by atoms with E-state index in [0.29, 0.717) is 34.4 Å². The Bertz CT molecular complexity index is 2330. The molecule has 5 atom stereocenters. The van der Waals surface area contributed by atoms with E-state index >= 15 is 0 Å². The van der Waals surface area contributed by atoms with Crippen LogP contribution in [-0.4, -0.2) is 105 Å². The molecule has 56 heavy (non-hydrogen) atoms. The van der Waals surface area contributed by atoms with E-state index in [0.717, 1.165) is 4.31 Å². The maximum absolute atomic E-state index is 14.9. The van der Waals surface area contributed by atoms with Crippen LogP contribution in [0.1, 0.15) is 47.8 Å². The second kappa shape index (κ2) is 15.1. The van der Waals surface area contributed by atoms with Crippen LogP contribution in [0.25, 0.3) is 10.8 Å². The van der Waals surface area contributed by atoms with Crippen molar-refractivity contribution in [3.05, 3.63) is 66.3 Å². The molecular formula is C38H47ClN6O9S2. The summed E-state index contributed by atoms with van der Waals surface area (Å²) < 4.78 is 75.0. The molecule has 3 aliphatic rings. The number of likely N-dealkylation sites (tertiary alicyclic amines) is 1. The van der Waals surface area contributed by atoms with Crippen LogP contribution in [0.2, 0.25) is 5.02 Å². The zero-order valence-electron chi connectivity index (χ0n) is 32.7. The number of amides is 3. The van der Waals surface area contributed by atoms with Gasteiger partial charge in [-0.1, -0.05) is 44.5 Å². The highest BCUT2D eigenvalue weighted by atomic mass is 35.5. The molecule has 302 valence electrons. The summed E-state index contributed by atoms with van der Waals surface area (Å²) in [6.07, 6.45) is 3.02. The fraction of sp³-hybridized carbons (Fsp3) is 0.474.